The minimum Gasteiger partial charge on any atom is -0.494 e. The number of benzene rings is 3. The van der Waals surface area contributed by atoms with Gasteiger partial charge in [0.05, 0.1) is 18.7 Å². The molecule has 0 bridgehead atoms. The summed E-state index contributed by atoms with van der Waals surface area (Å²) < 4.78 is 6.35. The number of aryl methyl sites for hydroxylation is 1. The molecule has 182 valence electrons. The quantitative estimate of drug-likeness (QED) is 0.289. The van der Waals surface area contributed by atoms with Crippen LogP contribution in [0.5, 0.6) is 5.75 Å². The summed E-state index contributed by atoms with van der Waals surface area (Å²) in [5.41, 5.74) is 4.37. The fourth-order valence-electron chi connectivity index (χ4n) is 5.74. The van der Waals surface area contributed by atoms with Crippen LogP contribution in [-0.4, -0.2) is 43.6 Å². The van der Waals surface area contributed by atoms with Crippen LogP contribution in [0.25, 0.3) is 0 Å². The van der Waals surface area contributed by atoms with E-state index in [1.807, 2.05) is 30.3 Å². The molecule has 2 heterocycles. The molecule has 0 spiro atoms. The molecule has 0 radical (unpaired) electrons. The summed E-state index contributed by atoms with van der Waals surface area (Å²) in [7, 11) is 0. The van der Waals surface area contributed by atoms with Crippen molar-refractivity contribution in [2.45, 2.75) is 45.1 Å². The summed E-state index contributed by atoms with van der Waals surface area (Å²) in [6, 6.07) is 26.7. The molecule has 1 unspecified atom stereocenters. The topological polar surface area (TPSA) is 29.5 Å². The number of amides is 1. The molecule has 0 saturated carbocycles. The number of hydrogen-bond acceptors (Lipinski definition) is 3. The maximum Gasteiger partial charge on any atom is 0.351 e. The highest BCUT2D eigenvalue weighted by molar-refractivity contribution is 6.03. The first-order chi connectivity index (χ1) is 17.2. The Bertz CT molecular complexity index is 1110. The number of para-hydroxylation sites is 1. The molecule has 1 atom stereocenters. The Balaban J connectivity index is 1.31. The van der Waals surface area contributed by atoms with Crippen molar-refractivity contribution in [3.05, 3.63) is 95.6 Å². The van der Waals surface area contributed by atoms with Crippen LogP contribution in [0.4, 0.5) is 5.69 Å². The zero-order valence-corrected chi connectivity index (χ0v) is 20.7. The predicted molar refractivity (Wildman–Crippen MR) is 143 cm³/mol. The molecule has 2 aliphatic rings. The maximum atomic E-state index is 14.2. The van der Waals surface area contributed by atoms with Crippen molar-refractivity contribution in [3.63, 3.8) is 0 Å². The summed E-state index contributed by atoms with van der Waals surface area (Å²) in [4.78, 5) is 16.7. The van der Waals surface area contributed by atoms with Crippen molar-refractivity contribution in [2.75, 3.05) is 32.8 Å². The highest BCUT2D eigenvalue weighted by Crippen LogP contribution is 2.37. The van der Waals surface area contributed by atoms with Crippen LogP contribution < -0.4 is 9.22 Å². The molecule has 4 nitrogen and oxygen atoms in total. The van der Waals surface area contributed by atoms with E-state index in [1.165, 1.54) is 43.5 Å². The van der Waals surface area contributed by atoms with Gasteiger partial charge in [-0.2, -0.15) is 0 Å². The van der Waals surface area contributed by atoms with Crippen molar-refractivity contribution in [3.8, 4) is 5.75 Å². The lowest BCUT2D eigenvalue weighted by molar-refractivity contribution is 0.0738. The van der Waals surface area contributed by atoms with Gasteiger partial charge >= 0.3 is 5.91 Å². The smallest absolute Gasteiger partial charge is 0.351 e. The number of nitrogens with zero attached hydrogens (tertiary/aromatic N) is 2. The second kappa shape index (κ2) is 11.2. The van der Waals surface area contributed by atoms with Crippen LogP contribution in [0.15, 0.2) is 78.9 Å². The van der Waals surface area contributed by atoms with Crippen LogP contribution >= 0.6 is 0 Å². The van der Waals surface area contributed by atoms with Crippen LogP contribution in [-0.2, 0) is 13.0 Å². The first-order valence-corrected chi connectivity index (χ1v) is 13.2. The second-order valence-electron chi connectivity index (χ2n) is 10.0. The van der Waals surface area contributed by atoms with E-state index in [0.29, 0.717) is 17.6 Å². The molecule has 3 aromatic rings. The van der Waals surface area contributed by atoms with E-state index in [4.69, 9.17) is 4.74 Å². The largest absolute Gasteiger partial charge is 0.494 e. The normalized spacial score (nSPS) is 20.2. The molecule has 0 aliphatic carbocycles. The number of ether oxygens (including phenoxy) is 1. The Labute approximate surface area is 209 Å². The third-order valence-corrected chi connectivity index (χ3v) is 7.56. The van der Waals surface area contributed by atoms with E-state index < -0.39 is 0 Å². The van der Waals surface area contributed by atoms with Gasteiger partial charge in [-0.3, -0.25) is 0 Å². The zero-order chi connectivity index (χ0) is 23.9. The Hall–Kier alpha value is -2.95. The Morgan fingerprint density at radius 3 is 2.37 bits per heavy atom. The fourth-order valence-corrected chi connectivity index (χ4v) is 5.74. The van der Waals surface area contributed by atoms with Crippen LogP contribution in [0.3, 0.4) is 0 Å². The van der Waals surface area contributed by atoms with Crippen molar-refractivity contribution >= 4 is 11.6 Å². The van der Waals surface area contributed by atoms with Crippen LogP contribution in [0.1, 0.15) is 53.6 Å². The van der Waals surface area contributed by atoms with Gasteiger partial charge in [0, 0.05) is 24.1 Å². The number of piperidine rings is 1. The van der Waals surface area contributed by atoms with Crippen molar-refractivity contribution in [1.29, 1.82) is 0 Å². The van der Waals surface area contributed by atoms with Gasteiger partial charge in [-0.05, 0) is 69.1 Å². The Kier molecular flexibility index (Phi) is 7.60. The summed E-state index contributed by atoms with van der Waals surface area (Å²) in [6.07, 6.45) is 7.09. The average Bonchev–Trinajstić information content (AvgIpc) is 2.92. The van der Waals surface area contributed by atoms with E-state index in [-0.39, 0.29) is 5.91 Å². The number of hydrogen-bond donors (Lipinski definition) is 0. The summed E-state index contributed by atoms with van der Waals surface area (Å²) in [5.74, 6) is 1.01. The van der Waals surface area contributed by atoms with Crippen LogP contribution in [0.2, 0.25) is 0 Å². The first-order valence-electron chi connectivity index (χ1n) is 13.2. The van der Waals surface area contributed by atoms with Gasteiger partial charge < -0.3 is 9.64 Å². The SMILES string of the molecule is O=C(c1ccc(OCCCN2CCCCC2)cc1)[N+]1(Cc2ccccc2)CCCc2ccccc21. The highest BCUT2D eigenvalue weighted by Gasteiger charge is 2.43. The number of quaternary nitrogens is 1. The average molecular weight is 470 g/mol. The minimum absolute atomic E-state index is 0.164. The molecule has 1 saturated heterocycles. The standard InChI is InChI=1S/C31H37N2O2/c34-31(28-16-18-29(19-17-28)35-24-10-22-32-20-7-2-8-21-32)33(25-26-11-3-1-4-12-26)23-9-14-27-13-5-6-15-30(27)33/h1,3-6,11-13,15-19H,2,7-10,14,20-25H2/q+1. The monoisotopic (exact) mass is 469 g/mol. The molecular formula is C31H37N2O2+. The lowest BCUT2D eigenvalue weighted by Gasteiger charge is -2.39. The maximum absolute atomic E-state index is 14.2. The number of rotatable bonds is 8. The molecule has 0 aromatic heterocycles. The molecule has 1 fully saturated rings. The second-order valence-corrected chi connectivity index (χ2v) is 10.0. The van der Waals surface area contributed by atoms with E-state index >= 15 is 0 Å². The summed E-state index contributed by atoms with van der Waals surface area (Å²) in [6.45, 7) is 5.76. The van der Waals surface area contributed by atoms with Gasteiger partial charge in [0.1, 0.15) is 18.0 Å². The van der Waals surface area contributed by atoms with Crippen LogP contribution in [0, 0.1) is 0 Å². The third-order valence-electron chi connectivity index (χ3n) is 7.56. The lowest BCUT2D eigenvalue weighted by Crippen LogP contribution is -2.56. The number of likely N-dealkylation sites (tertiary alicyclic amines) is 1. The van der Waals surface area contributed by atoms with E-state index in [9.17, 15) is 4.79 Å². The van der Waals surface area contributed by atoms with E-state index in [1.54, 1.807) is 0 Å². The minimum atomic E-state index is 0.164. The molecule has 3 aromatic carbocycles. The lowest BCUT2D eigenvalue weighted by atomic mass is 9.96. The fraction of sp³-hybridized carbons (Fsp3) is 0.387. The number of carbonyl (C=O) groups excluding carboxylic acids is 1. The Morgan fingerprint density at radius 1 is 0.829 bits per heavy atom. The molecular weight excluding hydrogens is 432 g/mol. The Morgan fingerprint density at radius 2 is 1.57 bits per heavy atom. The van der Waals surface area contributed by atoms with E-state index in [2.05, 4.69) is 53.4 Å². The predicted octanol–water partition coefficient (Wildman–Crippen LogP) is 6.24. The van der Waals surface area contributed by atoms with Gasteiger partial charge in [-0.1, -0.05) is 55.0 Å². The molecule has 1 amide bonds. The zero-order valence-electron chi connectivity index (χ0n) is 20.7. The van der Waals surface area contributed by atoms with Gasteiger partial charge in [0.25, 0.3) is 0 Å². The van der Waals surface area contributed by atoms with E-state index in [0.717, 1.165) is 49.4 Å². The summed E-state index contributed by atoms with van der Waals surface area (Å²) >= 11 is 0. The third kappa shape index (κ3) is 5.50. The van der Waals surface area contributed by atoms with Crippen molar-refractivity contribution < 1.29 is 9.53 Å². The highest BCUT2D eigenvalue weighted by atomic mass is 16.5. The number of fused-ring (bicyclic) bond motifs is 1. The molecule has 0 N–H and O–H groups in total. The molecule has 4 heteroatoms. The van der Waals surface area contributed by atoms with Gasteiger partial charge in [0.15, 0.2) is 0 Å². The summed E-state index contributed by atoms with van der Waals surface area (Å²) in [5, 5.41) is 0. The van der Waals surface area contributed by atoms with Crippen molar-refractivity contribution in [1.82, 2.24) is 9.38 Å². The molecule has 2 aliphatic heterocycles. The molecule has 5 rings (SSSR count). The molecule has 35 heavy (non-hydrogen) atoms. The number of carbonyl (C=O) groups is 1. The van der Waals surface area contributed by atoms with Crippen molar-refractivity contribution in [2.24, 2.45) is 0 Å². The van der Waals surface area contributed by atoms with Gasteiger partial charge in [-0.25, -0.2) is 9.28 Å². The van der Waals surface area contributed by atoms with Gasteiger partial charge in [-0.15, -0.1) is 0 Å². The first kappa shape index (κ1) is 23.8. The van der Waals surface area contributed by atoms with Gasteiger partial charge in [0.2, 0.25) is 0 Å².